The van der Waals surface area contributed by atoms with Crippen molar-refractivity contribution >= 4 is 17.3 Å². The first-order valence-corrected chi connectivity index (χ1v) is 6.92. The standard InChI is InChI=1S/C17H21N3O/c1-18-16-7-5-4-6-15(16)17(21)19-14-10-8-13(9-11-14)12-20(2)3/h4-11,18H,12H2,1-3H3,(H,19,21). The number of hydrogen-bond acceptors (Lipinski definition) is 3. The number of hydrogen-bond donors (Lipinski definition) is 2. The zero-order chi connectivity index (χ0) is 15.2. The van der Waals surface area contributed by atoms with Crippen LogP contribution in [0.15, 0.2) is 48.5 Å². The molecule has 0 aliphatic heterocycles. The summed E-state index contributed by atoms with van der Waals surface area (Å²) in [7, 11) is 5.87. The van der Waals surface area contributed by atoms with Crippen molar-refractivity contribution in [2.45, 2.75) is 6.54 Å². The minimum Gasteiger partial charge on any atom is -0.387 e. The SMILES string of the molecule is CNc1ccccc1C(=O)Nc1ccc(CN(C)C)cc1. The van der Waals surface area contributed by atoms with Gasteiger partial charge in [0.1, 0.15) is 0 Å². The summed E-state index contributed by atoms with van der Waals surface area (Å²) >= 11 is 0. The zero-order valence-electron chi connectivity index (χ0n) is 12.7. The van der Waals surface area contributed by atoms with Crippen LogP contribution in [-0.2, 0) is 6.54 Å². The lowest BCUT2D eigenvalue weighted by Crippen LogP contribution is -2.14. The van der Waals surface area contributed by atoms with E-state index >= 15 is 0 Å². The fourth-order valence-corrected chi connectivity index (χ4v) is 2.16. The lowest BCUT2D eigenvalue weighted by Gasteiger charge is -2.12. The van der Waals surface area contributed by atoms with Gasteiger partial charge in [-0.05, 0) is 43.9 Å². The van der Waals surface area contributed by atoms with Crippen LogP contribution in [0, 0.1) is 0 Å². The largest absolute Gasteiger partial charge is 0.387 e. The van der Waals surface area contributed by atoms with Crippen LogP contribution >= 0.6 is 0 Å². The van der Waals surface area contributed by atoms with Gasteiger partial charge in [0.05, 0.1) is 5.56 Å². The van der Waals surface area contributed by atoms with Crippen LogP contribution < -0.4 is 10.6 Å². The summed E-state index contributed by atoms with van der Waals surface area (Å²) < 4.78 is 0. The molecule has 0 aliphatic rings. The van der Waals surface area contributed by atoms with Crippen molar-refractivity contribution in [3.63, 3.8) is 0 Å². The molecule has 110 valence electrons. The lowest BCUT2D eigenvalue weighted by molar-refractivity contribution is 0.102. The Kier molecular flexibility index (Phi) is 4.95. The molecule has 0 atom stereocenters. The van der Waals surface area contributed by atoms with E-state index in [0.717, 1.165) is 17.9 Å². The molecular weight excluding hydrogens is 262 g/mol. The van der Waals surface area contributed by atoms with Gasteiger partial charge < -0.3 is 15.5 Å². The minimum atomic E-state index is -0.111. The smallest absolute Gasteiger partial charge is 0.257 e. The van der Waals surface area contributed by atoms with Crippen LogP contribution in [0.5, 0.6) is 0 Å². The van der Waals surface area contributed by atoms with Crippen molar-refractivity contribution in [2.24, 2.45) is 0 Å². The van der Waals surface area contributed by atoms with E-state index in [9.17, 15) is 4.79 Å². The van der Waals surface area contributed by atoms with Crippen LogP contribution in [0.25, 0.3) is 0 Å². The molecule has 0 bridgehead atoms. The third-order valence-electron chi connectivity index (χ3n) is 3.15. The van der Waals surface area contributed by atoms with E-state index in [0.29, 0.717) is 5.56 Å². The first kappa shape index (κ1) is 15.1. The fraction of sp³-hybridized carbons (Fsp3) is 0.235. The molecule has 2 rings (SSSR count). The molecule has 0 saturated heterocycles. The molecule has 0 saturated carbocycles. The first-order chi connectivity index (χ1) is 10.1. The number of para-hydroxylation sites is 1. The molecule has 0 fully saturated rings. The third kappa shape index (κ3) is 4.07. The Morgan fingerprint density at radius 3 is 2.33 bits per heavy atom. The summed E-state index contributed by atoms with van der Waals surface area (Å²) in [5.74, 6) is -0.111. The van der Waals surface area contributed by atoms with Crippen molar-refractivity contribution in [1.29, 1.82) is 0 Å². The molecular formula is C17H21N3O. The van der Waals surface area contributed by atoms with Gasteiger partial charge in [0.15, 0.2) is 0 Å². The molecule has 4 heteroatoms. The maximum Gasteiger partial charge on any atom is 0.257 e. The average Bonchev–Trinajstić information content (AvgIpc) is 2.48. The summed E-state index contributed by atoms with van der Waals surface area (Å²) in [6.07, 6.45) is 0. The molecule has 2 N–H and O–H groups in total. The summed E-state index contributed by atoms with van der Waals surface area (Å²) in [6.45, 7) is 0.886. The van der Waals surface area contributed by atoms with E-state index < -0.39 is 0 Å². The van der Waals surface area contributed by atoms with Gasteiger partial charge in [-0.15, -0.1) is 0 Å². The third-order valence-corrected chi connectivity index (χ3v) is 3.15. The summed E-state index contributed by atoms with van der Waals surface area (Å²) in [5, 5.41) is 5.95. The van der Waals surface area contributed by atoms with Crippen LogP contribution in [-0.4, -0.2) is 32.0 Å². The highest BCUT2D eigenvalue weighted by Gasteiger charge is 2.10. The summed E-state index contributed by atoms with van der Waals surface area (Å²) in [5.41, 5.74) is 3.47. The second-order valence-corrected chi connectivity index (χ2v) is 5.18. The number of nitrogens with one attached hydrogen (secondary N) is 2. The number of anilines is 2. The number of carbonyl (C=O) groups excluding carboxylic acids is 1. The molecule has 0 aliphatic carbocycles. The highest BCUT2D eigenvalue weighted by atomic mass is 16.1. The Morgan fingerprint density at radius 2 is 1.71 bits per heavy atom. The summed E-state index contributed by atoms with van der Waals surface area (Å²) in [6, 6.07) is 15.4. The van der Waals surface area contributed by atoms with Crippen LogP contribution in [0.2, 0.25) is 0 Å². The van der Waals surface area contributed by atoms with E-state index in [4.69, 9.17) is 0 Å². The summed E-state index contributed by atoms with van der Waals surface area (Å²) in [4.78, 5) is 14.4. The quantitative estimate of drug-likeness (QED) is 0.886. The van der Waals surface area contributed by atoms with Gasteiger partial charge in [-0.1, -0.05) is 24.3 Å². The van der Waals surface area contributed by atoms with Gasteiger partial charge in [-0.3, -0.25) is 4.79 Å². The van der Waals surface area contributed by atoms with Crippen molar-refractivity contribution in [3.05, 3.63) is 59.7 Å². The minimum absolute atomic E-state index is 0.111. The lowest BCUT2D eigenvalue weighted by atomic mass is 10.1. The normalized spacial score (nSPS) is 10.5. The molecule has 0 unspecified atom stereocenters. The van der Waals surface area contributed by atoms with E-state index in [1.807, 2.05) is 69.7 Å². The zero-order valence-corrected chi connectivity index (χ0v) is 12.7. The van der Waals surface area contributed by atoms with Gasteiger partial charge in [0.2, 0.25) is 0 Å². The fourth-order valence-electron chi connectivity index (χ4n) is 2.16. The number of benzene rings is 2. The van der Waals surface area contributed by atoms with Crippen molar-refractivity contribution in [3.8, 4) is 0 Å². The maximum atomic E-state index is 12.3. The van der Waals surface area contributed by atoms with Gasteiger partial charge in [-0.25, -0.2) is 0 Å². The number of rotatable bonds is 5. The predicted molar refractivity (Wildman–Crippen MR) is 87.8 cm³/mol. The predicted octanol–water partition coefficient (Wildman–Crippen LogP) is 3.04. The van der Waals surface area contributed by atoms with Crippen molar-refractivity contribution < 1.29 is 4.79 Å². The average molecular weight is 283 g/mol. The first-order valence-electron chi connectivity index (χ1n) is 6.92. The Morgan fingerprint density at radius 1 is 1.05 bits per heavy atom. The Balaban J connectivity index is 2.09. The molecule has 2 aromatic carbocycles. The van der Waals surface area contributed by atoms with E-state index in [-0.39, 0.29) is 5.91 Å². The van der Waals surface area contributed by atoms with Gasteiger partial charge >= 0.3 is 0 Å². The Bertz CT molecular complexity index is 606. The maximum absolute atomic E-state index is 12.3. The molecule has 21 heavy (non-hydrogen) atoms. The molecule has 4 nitrogen and oxygen atoms in total. The second-order valence-electron chi connectivity index (χ2n) is 5.18. The molecule has 1 amide bonds. The van der Waals surface area contributed by atoms with Crippen LogP contribution in [0.4, 0.5) is 11.4 Å². The molecule has 2 aromatic rings. The topological polar surface area (TPSA) is 44.4 Å². The highest BCUT2D eigenvalue weighted by molar-refractivity contribution is 6.08. The number of amides is 1. The van der Waals surface area contributed by atoms with E-state index in [2.05, 4.69) is 15.5 Å². The van der Waals surface area contributed by atoms with E-state index in [1.165, 1.54) is 5.56 Å². The Labute approximate surface area is 125 Å². The van der Waals surface area contributed by atoms with Gasteiger partial charge in [0, 0.05) is 25.0 Å². The van der Waals surface area contributed by atoms with Crippen molar-refractivity contribution in [1.82, 2.24) is 4.90 Å². The molecule has 0 aromatic heterocycles. The van der Waals surface area contributed by atoms with Gasteiger partial charge in [-0.2, -0.15) is 0 Å². The van der Waals surface area contributed by atoms with Crippen LogP contribution in [0.3, 0.4) is 0 Å². The highest BCUT2D eigenvalue weighted by Crippen LogP contribution is 2.17. The number of carbonyl (C=O) groups is 1. The Hall–Kier alpha value is -2.33. The van der Waals surface area contributed by atoms with Crippen molar-refractivity contribution in [2.75, 3.05) is 31.8 Å². The van der Waals surface area contributed by atoms with Gasteiger partial charge in [0.25, 0.3) is 5.91 Å². The van der Waals surface area contributed by atoms with E-state index in [1.54, 1.807) is 0 Å². The monoisotopic (exact) mass is 283 g/mol. The molecule has 0 heterocycles. The molecule has 0 radical (unpaired) electrons. The molecule has 0 spiro atoms. The second kappa shape index (κ2) is 6.90. The number of nitrogens with zero attached hydrogens (tertiary/aromatic N) is 1. The van der Waals surface area contributed by atoms with Crippen LogP contribution in [0.1, 0.15) is 15.9 Å².